The normalized spacial score (nSPS) is 10.2. The summed E-state index contributed by atoms with van der Waals surface area (Å²) in [6.07, 6.45) is 0.712. The Hall–Kier alpha value is -1.39. The van der Waals surface area contributed by atoms with Crippen LogP contribution in [-0.4, -0.2) is 33.4 Å². The molecule has 0 saturated carbocycles. The summed E-state index contributed by atoms with van der Waals surface area (Å²) in [5, 5.41) is 0. The summed E-state index contributed by atoms with van der Waals surface area (Å²) < 4.78 is 14.9. The van der Waals surface area contributed by atoms with Crippen LogP contribution < -0.4 is 0 Å². The summed E-state index contributed by atoms with van der Waals surface area (Å²) >= 11 is 0. The highest BCUT2D eigenvalue weighted by Crippen LogP contribution is 2.07. The number of methoxy groups -OCH3 is 2. The molecule has 0 saturated heterocycles. The van der Waals surface area contributed by atoms with E-state index in [-0.39, 0.29) is 5.97 Å². The van der Waals surface area contributed by atoms with Crippen molar-refractivity contribution in [2.75, 3.05) is 27.4 Å². The second-order valence-corrected chi connectivity index (χ2v) is 3.61. The smallest absolute Gasteiger partial charge is 0.338 e. The van der Waals surface area contributed by atoms with Crippen LogP contribution >= 0.6 is 0 Å². The molecule has 1 aromatic rings. The molecule has 0 unspecified atom stereocenters. The van der Waals surface area contributed by atoms with Gasteiger partial charge in [-0.3, -0.25) is 0 Å². The lowest BCUT2D eigenvalue weighted by Crippen LogP contribution is -2.08. The van der Waals surface area contributed by atoms with Gasteiger partial charge in [0, 0.05) is 27.2 Å². The van der Waals surface area contributed by atoms with E-state index in [0.717, 1.165) is 5.56 Å². The zero-order chi connectivity index (χ0) is 12.5. The fourth-order valence-electron chi connectivity index (χ4n) is 1.36. The Bertz CT molecular complexity index is 332. The monoisotopic (exact) mass is 238 g/mol. The van der Waals surface area contributed by atoms with Gasteiger partial charge in [-0.15, -0.1) is 0 Å². The fourth-order valence-corrected chi connectivity index (χ4v) is 1.36. The van der Waals surface area contributed by atoms with Gasteiger partial charge in [-0.1, -0.05) is 12.1 Å². The molecule has 0 spiro atoms. The maximum atomic E-state index is 11.6. The van der Waals surface area contributed by atoms with Gasteiger partial charge in [0.1, 0.15) is 0 Å². The summed E-state index contributed by atoms with van der Waals surface area (Å²) in [5.74, 6) is -0.301. The van der Waals surface area contributed by atoms with E-state index in [1.807, 2.05) is 12.1 Å². The largest absolute Gasteiger partial charge is 0.462 e. The van der Waals surface area contributed by atoms with Crippen LogP contribution in [0.5, 0.6) is 0 Å². The predicted molar refractivity (Wildman–Crippen MR) is 63.9 cm³/mol. The van der Waals surface area contributed by atoms with Crippen LogP contribution in [0.25, 0.3) is 0 Å². The Morgan fingerprint density at radius 1 is 1.06 bits per heavy atom. The van der Waals surface area contributed by atoms with E-state index < -0.39 is 0 Å². The molecule has 0 atom stereocenters. The number of hydrogen-bond donors (Lipinski definition) is 0. The molecule has 17 heavy (non-hydrogen) atoms. The van der Waals surface area contributed by atoms with E-state index in [2.05, 4.69) is 0 Å². The van der Waals surface area contributed by atoms with E-state index in [4.69, 9.17) is 14.2 Å². The van der Waals surface area contributed by atoms with Crippen molar-refractivity contribution in [1.29, 1.82) is 0 Å². The molecular weight excluding hydrogens is 220 g/mol. The summed E-state index contributed by atoms with van der Waals surface area (Å²) in [4.78, 5) is 11.6. The Labute approximate surface area is 101 Å². The summed E-state index contributed by atoms with van der Waals surface area (Å²) in [6, 6.07) is 7.20. The molecule has 0 bridgehead atoms. The summed E-state index contributed by atoms with van der Waals surface area (Å²) in [5.41, 5.74) is 1.59. The van der Waals surface area contributed by atoms with Crippen molar-refractivity contribution < 1.29 is 19.0 Å². The van der Waals surface area contributed by atoms with Crippen LogP contribution in [0.3, 0.4) is 0 Å². The Kier molecular flexibility index (Phi) is 6.29. The number of carbonyl (C=O) groups is 1. The first-order valence-corrected chi connectivity index (χ1v) is 5.52. The number of benzene rings is 1. The second-order valence-electron chi connectivity index (χ2n) is 3.61. The van der Waals surface area contributed by atoms with E-state index >= 15 is 0 Å². The van der Waals surface area contributed by atoms with E-state index in [1.54, 1.807) is 26.4 Å². The highest BCUT2D eigenvalue weighted by atomic mass is 16.5. The van der Waals surface area contributed by atoms with E-state index in [1.165, 1.54) is 0 Å². The van der Waals surface area contributed by atoms with Crippen molar-refractivity contribution in [1.82, 2.24) is 0 Å². The van der Waals surface area contributed by atoms with Crippen LogP contribution in [0.1, 0.15) is 22.3 Å². The molecule has 1 aromatic carbocycles. The molecule has 0 aliphatic carbocycles. The molecule has 0 N–H and O–H groups in total. The number of rotatable bonds is 7. The lowest BCUT2D eigenvalue weighted by molar-refractivity contribution is 0.0468. The number of hydrogen-bond acceptors (Lipinski definition) is 4. The van der Waals surface area contributed by atoms with Gasteiger partial charge < -0.3 is 14.2 Å². The number of ether oxygens (including phenoxy) is 3. The zero-order valence-corrected chi connectivity index (χ0v) is 10.3. The highest BCUT2D eigenvalue weighted by molar-refractivity contribution is 5.89. The van der Waals surface area contributed by atoms with Gasteiger partial charge in [0.25, 0.3) is 0 Å². The minimum atomic E-state index is -0.301. The number of carbonyl (C=O) groups excluding carboxylic acids is 1. The molecule has 0 aliphatic rings. The topological polar surface area (TPSA) is 44.8 Å². The van der Waals surface area contributed by atoms with Crippen molar-refractivity contribution >= 4 is 5.97 Å². The summed E-state index contributed by atoms with van der Waals surface area (Å²) in [7, 11) is 3.26. The van der Waals surface area contributed by atoms with Gasteiger partial charge in [-0.2, -0.15) is 0 Å². The van der Waals surface area contributed by atoms with E-state index in [9.17, 15) is 4.79 Å². The molecule has 0 amide bonds. The Morgan fingerprint density at radius 3 is 2.35 bits per heavy atom. The van der Waals surface area contributed by atoms with Crippen molar-refractivity contribution in [3.05, 3.63) is 35.4 Å². The zero-order valence-electron chi connectivity index (χ0n) is 10.3. The quantitative estimate of drug-likeness (QED) is 0.538. The Morgan fingerprint density at radius 2 is 1.76 bits per heavy atom. The molecule has 0 fully saturated rings. The lowest BCUT2D eigenvalue weighted by atomic mass is 10.1. The molecule has 0 heterocycles. The van der Waals surface area contributed by atoms with Crippen molar-refractivity contribution in [2.45, 2.75) is 13.0 Å². The van der Waals surface area contributed by atoms with Gasteiger partial charge in [-0.05, 0) is 17.7 Å². The minimum absolute atomic E-state index is 0.301. The molecule has 0 aromatic heterocycles. The second kappa shape index (κ2) is 7.81. The van der Waals surface area contributed by atoms with Crippen LogP contribution in [-0.2, 0) is 20.8 Å². The van der Waals surface area contributed by atoms with Crippen LogP contribution in [0.4, 0.5) is 0 Å². The average molecular weight is 238 g/mol. The first-order chi connectivity index (χ1) is 8.27. The Balaban J connectivity index is 2.40. The maximum Gasteiger partial charge on any atom is 0.338 e. The lowest BCUT2D eigenvalue weighted by Gasteiger charge is -2.05. The molecule has 0 aliphatic heterocycles. The molecular formula is C13H18O4. The van der Waals surface area contributed by atoms with Crippen molar-refractivity contribution in [3.8, 4) is 0 Å². The minimum Gasteiger partial charge on any atom is -0.462 e. The van der Waals surface area contributed by atoms with Gasteiger partial charge >= 0.3 is 5.97 Å². The first-order valence-electron chi connectivity index (χ1n) is 5.52. The van der Waals surface area contributed by atoms with Gasteiger partial charge in [0.2, 0.25) is 0 Å². The average Bonchev–Trinajstić information content (AvgIpc) is 2.36. The third-order valence-electron chi connectivity index (χ3n) is 2.23. The molecule has 4 nitrogen and oxygen atoms in total. The van der Waals surface area contributed by atoms with Crippen molar-refractivity contribution in [2.24, 2.45) is 0 Å². The van der Waals surface area contributed by atoms with Crippen molar-refractivity contribution in [3.63, 3.8) is 0 Å². The van der Waals surface area contributed by atoms with Gasteiger partial charge in [-0.25, -0.2) is 4.79 Å². The van der Waals surface area contributed by atoms with Crippen LogP contribution in [0, 0.1) is 0 Å². The fraction of sp³-hybridized carbons (Fsp3) is 0.462. The summed E-state index contributed by atoms with van der Waals surface area (Å²) in [6.45, 7) is 1.52. The predicted octanol–water partition coefficient (Wildman–Crippen LogP) is 2.03. The van der Waals surface area contributed by atoms with Gasteiger partial charge in [0.05, 0.1) is 18.8 Å². The third kappa shape index (κ3) is 4.97. The maximum absolute atomic E-state index is 11.6. The molecule has 94 valence electrons. The SMILES string of the molecule is COCCCOC(=O)c1ccc(COC)cc1. The third-order valence-corrected chi connectivity index (χ3v) is 2.23. The standard InChI is InChI=1S/C13H18O4/c1-15-8-3-9-17-13(14)12-6-4-11(5-7-12)10-16-2/h4-7H,3,8-10H2,1-2H3. The van der Waals surface area contributed by atoms with E-state index in [0.29, 0.717) is 31.8 Å². The van der Waals surface area contributed by atoms with Crippen LogP contribution in [0.15, 0.2) is 24.3 Å². The molecule has 1 rings (SSSR count). The molecule has 0 radical (unpaired) electrons. The molecule has 4 heteroatoms. The van der Waals surface area contributed by atoms with Gasteiger partial charge in [0.15, 0.2) is 0 Å². The highest BCUT2D eigenvalue weighted by Gasteiger charge is 2.06. The van der Waals surface area contributed by atoms with Crippen LogP contribution in [0.2, 0.25) is 0 Å². The first kappa shape index (κ1) is 13.7. The number of esters is 1.